The molecule has 1 saturated heterocycles. The number of rotatable bonds is 6. The van der Waals surface area contributed by atoms with Crippen molar-refractivity contribution < 1.29 is 22.9 Å². The topological polar surface area (TPSA) is 75.4 Å². The van der Waals surface area contributed by atoms with Crippen molar-refractivity contribution in [2.75, 3.05) is 6.54 Å². The molecule has 0 radical (unpaired) electrons. The molecule has 2 amide bonds. The first-order chi connectivity index (χ1) is 15.9. The van der Waals surface area contributed by atoms with Crippen LogP contribution in [-0.2, 0) is 11.5 Å². The van der Waals surface area contributed by atoms with Gasteiger partial charge < -0.3 is 14.7 Å². The van der Waals surface area contributed by atoms with E-state index in [2.05, 4.69) is 10.5 Å². The summed E-state index contributed by atoms with van der Waals surface area (Å²) in [7, 11) is 0. The van der Waals surface area contributed by atoms with Crippen molar-refractivity contribution in [3.05, 3.63) is 77.2 Å². The van der Waals surface area contributed by atoms with E-state index in [-0.39, 0.29) is 29.9 Å². The molecule has 2 atom stereocenters. The minimum Gasteiger partial charge on any atom is -0.355 e. The summed E-state index contributed by atoms with van der Waals surface area (Å²) in [6, 6.07) is 12.9. The van der Waals surface area contributed by atoms with E-state index in [1.54, 1.807) is 24.3 Å². The van der Waals surface area contributed by atoms with Gasteiger partial charge in [-0.15, -0.1) is 0 Å². The van der Waals surface area contributed by atoms with Crippen LogP contribution < -0.4 is 5.32 Å². The maximum Gasteiger partial charge on any atom is 0.276 e. The number of carbonyl (C=O) groups excluding carboxylic acids is 2. The Morgan fingerprint density at radius 2 is 1.88 bits per heavy atom. The van der Waals surface area contributed by atoms with Crippen molar-refractivity contribution in [3.63, 3.8) is 0 Å². The maximum atomic E-state index is 13.4. The number of hydrogen-bond donors (Lipinski definition) is 1. The van der Waals surface area contributed by atoms with Crippen molar-refractivity contribution in [2.24, 2.45) is 5.92 Å². The van der Waals surface area contributed by atoms with Crippen LogP contribution in [-0.4, -0.2) is 34.5 Å². The Kier molecular flexibility index (Phi) is 6.53. The smallest absolute Gasteiger partial charge is 0.276 e. The highest BCUT2D eigenvalue weighted by Gasteiger charge is 2.39. The minimum atomic E-state index is -0.648. The molecule has 1 N–H and O–H groups in total. The van der Waals surface area contributed by atoms with Gasteiger partial charge in [-0.3, -0.25) is 9.59 Å². The standard InChI is InChI=1S/C25H25F2N3O3/c1-15(2)11-22-24(31)28-21(17-5-3-16(13-26)4-6-17)14-30(22)25(32)20-12-23(33-29-20)18-7-9-19(27)10-8-18/h3-10,12,15,21-22H,11,13-14H2,1-2H3,(H,28,31)/t21-,22+/m1/s1. The SMILES string of the molecule is CC(C)C[C@H]1C(=O)N[C@@H](c2ccc(CF)cc2)CN1C(=O)c1cc(-c2ccc(F)cc2)on1. The van der Waals surface area contributed by atoms with Gasteiger partial charge in [0.25, 0.3) is 5.91 Å². The molecule has 172 valence electrons. The van der Waals surface area contributed by atoms with Crippen LogP contribution in [0.1, 0.15) is 47.9 Å². The first-order valence-electron chi connectivity index (χ1n) is 10.8. The van der Waals surface area contributed by atoms with E-state index in [1.807, 2.05) is 13.8 Å². The zero-order valence-electron chi connectivity index (χ0n) is 18.4. The third kappa shape index (κ3) is 4.94. The second kappa shape index (κ2) is 9.52. The molecule has 0 saturated carbocycles. The highest BCUT2D eigenvalue weighted by Crippen LogP contribution is 2.27. The predicted octanol–water partition coefficient (Wildman–Crippen LogP) is 4.68. The van der Waals surface area contributed by atoms with Gasteiger partial charge in [0.2, 0.25) is 5.91 Å². The number of amides is 2. The van der Waals surface area contributed by atoms with Gasteiger partial charge in [-0.1, -0.05) is 43.3 Å². The van der Waals surface area contributed by atoms with Gasteiger partial charge in [0.05, 0.1) is 6.04 Å². The maximum absolute atomic E-state index is 13.4. The quantitative estimate of drug-likeness (QED) is 0.588. The average molecular weight is 453 g/mol. The number of nitrogens with one attached hydrogen (secondary N) is 1. The summed E-state index contributed by atoms with van der Waals surface area (Å²) >= 11 is 0. The number of alkyl halides is 1. The fourth-order valence-electron chi connectivity index (χ4n) is 3.99. The number of nitrogens with zero attached hydrogens (tertiary/aromatic N) is 2. The zero-order valence-corrected chi connectivity index (χ0v) is 18.4. The third-order valence-corrected chi connectivity index (χ3v) is 5.72. The first kappa shape index (κ1) is 22.6. The molecule has 2 aromatic carbocycles. The average Bonchev–Trinajstić information content (AvgIpc) is 3.30. The molecule has 6 nitrogen and oxygen atoms in total. The van der Waals surface area contributed by atoms with Gasteiger partial charge in [0.15, 0.2) is 11.5 Å². The number of aromatic nitrogens is 1. The number of carbonyl (C=O) groups is 2. The fourth-order valence-corrected chi connectivity index (χ4v) is 3.99. The van der Waals surface area contributed by atoms with Crippen LogP contribution in [0.5, 0.6) is 0 Å². The van der Waals surface area contributed by atoms with Gasteiger partial charge in [-0.05, 0) is 47.7 Å². The molecule has 1 aromatic heterocycles. The summed E-state index contributed by atoms with van der Waals surface area (Å²) in [6.45, 7) is 3.65. The molecular formula is C25H25F2N3O3. The minimum absolute atomic E-state index is 0.0734. The van der Waals surface area contributed by atoms with E-state index in [9.17, 15) is 18.4 Å². The highest BCUT2D eigenvalue weighted by molar-refractivity contribution is 5.97. The molecule has 0 bridgehead atoms. The van der Waals surface area contributed by atoms with Gasteiger partial charge in [0.1, 0.15) is 18.5 Å². The van der Waals surface area contributed by atoms with Crippen LogP contribution in [0.3, 0.4) is 0 Å². The number of hydrogen-bond acceptors (Lipinski definition) is 4. The Morgan fingerprint density at radius 3 is 2.52 bits per heavy atom. The lowest BCUT2D eigenvalue weighted by atomic mass is 9.95. The number of piperazine rings is 1. The van der Waals surface area contributed by atoms with Crippen LogP contribution in [0.4, 0.5) is 8.78 Å². The Balaban J connectivity index is 1.61. The lowest BCUT2D eigenvalue weighted by Crippen LogP contribution is -2.58. The second-order valence-corrected chi connectivity index (χ2v) is 8.62. The van der Waals surface area contributed by atoms with Crippen molar-refractivity contribution in [2.45, 2.75) is 39.0 Å². The Bertz CT molecular complexity index is 1130. The Labute approximate surface area is 190 Å². The lowest BCUT2D eigenvalue weighted by molar-refractivity contribution is -0.130. The van der Waals surface area contributed by atoms with Crippen molar-refractivity contribution >= 4 is 11.8 Å². The van der Waals surface area contributed by atoms with Crippen LogP contribution in [0, 0.1) is 11.7 Å². The van der Waals surface area contributed by atoms with Crippen molar-refractivity contribution in [3.8, 4) is 11.3 Å². The van der Waals surface area contributed by atoms with Gasteiger partial charge in [-0.25, -0.2) is 8.78 Å². The van der Waals surface area contributed by atoms with E-state index < -0.39 is 24.7 Å². The Morgan fingerprint density at radius 1 is 1.18 bits per heavy atom. The summed E-state index contributed by atoms with van der Waals surface area (Å²) in [5.74, 6) is -0.527. The molecule has 0 spiro atoms. The monoisotopic (exact) mass is 453 g/mol. The van der Waals surface area contributed by atoms with Gasteiger partial charge >= 0.3 is 0 Å². The zero-order chi connectivity index (χ0) is 23.5. The first-order valence-corrected chi connectivity index (χ1v) is 10.8. The molecular weight excluding hydrogens is 428 g/mol. The summed E-state index contributed by atoms with van der Waals surface area (Å²) in [5.41, 5.74) is 1.99. The lowest BCUT2D eigenvalue weighted by Gasteiger charge is -2.40. The van der Waals surface area contributed by atoms with E-state index >= 15 is 0 Å². The largest absolute Gasteiger partial charge is 0.355 e. The van der Waals surface area contributed by atoms with Crippen molar-refractivity contribution in [1.82, 2.24) is 15.4 Å². The fraction of sp³-hybridized carbons (Fsp3) is 0.320. The molecule has 1 aliphatic rings. The van der Waals surface area contributed by atoms with Gasteiger partial charge in [-0.2, -0.15) is 0 Å². The van der Waals surface area contributed by atoms with Crippen molar-refractivity contribution in [1.29, 1.82) is 0 Å². The van der Waals surface area contributed by atoms with Crippen LogP contribution in [0.15, 0.2) is 59.1 Å². The molecule has 1 aliphatic heterocycles. The molecule has 3 aromatic rings. The summed E-state index contributed by atoms with van der Waals surface area (Å²) < 4.78 is 31.4. The van der Waals surface area contributed by atoms with Crippen LogP contribution in [0.25, 0.3) is 11.3 Å². The molecule has 8 heteroatoms. The normalized spacial score (nSPS) is 18.5. The van der Waals surface area contributed by atoms with E-state index in [0.29, 0.717) is 23.3 Å². The van der Waals surface area contributed by atoms with Crippen LogP contribution in [0.2, 0.25) is 0 Å². The predicted molar refractivity (Wildman–Crippen MR) is 118 cm³/mol. The summed E-state index contributed by atoms with van der Waals surface area (Å²) in [4.78, 5) is 28.0. The number of benzene rings is 2. The summed E-state index contributed by atoms with van der Waals surface area (Å²) in [6.07, 6.45) is 0.494. The van der Waals surface area contributed by atoms with Gasteiger partial charge in [0, 0.05) is 18.2 Å². The number of halogens is 2. The van der Waals surface area contributed by atoms with E-state index in [4.69, 9.17) is 4.52 Å². The van der Waals surface area contributed by atoms with E-state index in [0.717, 1.165) is 5.56 Å². The third-order valence-electron chi connectivity index (χ3n) is 5.72. The van der Waals surface area contributed by atoms with Crippen LogP contribution >= 0.6 is 0 Å². The molecule has 1 fully saturated rings. The summed E-state index contributed by atoms with van der Waals surface area (Å²) in [5, 5.41) is 6.91. The van der Waals surface area contributed by atoms with E-state index in [1.165, 1.54) is 35.2 Å². The molecule has 33 heavy (non-hydrogen) atoms. The highest BCUT2D eigenvalue weighted by atomic mass is 19.1. The second-order valence-electron chi connectivity index (χ2n) is 8.62. The molecule has 2 heterocycles. The molecule has 4 rings (SSSR count). The molecule has 0 unspecified atom stereocenters. The Hall–Kier alpha value is -3.55. The molecule has 0 aliphatic carbocycles.